The highest BCUT2D eigenvalue weighted by Gasteiger charge is 2.53. The van der Waals surface area contributed by atoms with E-state index in [4.69, 9.17) is 6.57 Å². The Morgan fingerprint density at radius 2 is 0.871 bits per heavy atom. The van der Waals surface area contributed by atoms with Crippen LogP contribution in [0.2, 0.25) is 0 Å². The van der Waals surface area contributed by atoms with Gasteiger partial charge in [-0.25, -0.2) is 4.85 Å². The molecule has 8 aliphatic rings. The molecule has 8 aliphatic carbocycles. The molecule has 19 rings (SSSR count). The number of hydrogen-bond acceptors (Lipinski definition) is 1. The summed E-state index contributed by atoms with van der Waals surface area (Å²) in [5.41, 5.74) is 25.2. The fourth-order valence-corrected chi connectivity index (χ4v) is 17.9. The van der Waals surface area contributed by atoms with Gasteiger partial charge >= 0.3 is 0 Å². The second kappa shape index (κ2) is 11.3. The Balaban J connectivity index is 1.14. The molecule has 7 aromatic carbocycles. The van der Waals surface area contributed by atoms with Crippen molar-refractivity contribution in [1.29, 1.82) is 5.26 Å². The first-order chi connectivity index (χ1) is 33.6. The van der Waals surface area contributed by atoms with Gasteiger partial charge in [0.25, 0.3) is 0 Å². The first-order valence-electron chi connectivity index (χ1n) is 26.2. The van der Waals surface area contributed by atoms with Crippen LogP contribution in [0, 0.1) is 17.9 Å². The summed E-state index contributed by atoms with van der Waals surface area (Å²) in [6.45, 7) is 28.5. The van der Waals surface area contributed by atoms with Gasteiger partial charge in [0, 0.05) is 59.4 Å². The van der Waals surface area contributed by atoms with Crippen LogP contribution in [0.25, 0.3) is 103 Å². The average molecular weight is 903 g/mol. The Kier molecular flexibility index (Phi) is 6.30. The molecular formula is C66H54N4. The summed E-state index contributed by atoms with van der Waals surface area (Å²) in [7, 11) is 0. The zero-order chi connectivity index (χ0) is 47.3. The number of nitrogens with zero attached hydrogens (tertiary/aromatic N) is 4. The lowest BCUT2D eigenvalue weighted by Gasteiger charge is -2.53. The van der Waals surface area contributed by atoms with E-state index in [2.05, 4.69) is 160 Å². The van der Waals surface area contributed by atoms with E-state index >= 15 is 0 Å². The molecule has 70 heavy (non-hydrogen) atoms. The lowest BCUT2D eigenvalue weighted by molar-refractivity contribution is 0.189. The van der Waals surface area contributed by atoms with Crippen LogP contribution in [0.5, 0.6) is 0 Å². The Labute approximate surface area is 408 Å². The van der Waals surface area contributed by atoms with E-state index in [0.29, 0.717) is 0 Å². The minimum Gasteiger partial charge on any atom is -0.309 e. The molecule has 4 heterocycles. The van der Waals surface area contributed by atoms with Crippen molar-refractivity contribution in [1.82, 2.24) is 8.80 Å². The van der Waals surface area contributed by atoms with E-state index in [1.165, 1.54) is 143 Å². The molecule has 0 aliphatic heterocycles. The van der Waals surface area contributed by atoms with Crippen molar-refractivity contribution in [2.75, 3.05) is 0 Å². The van der Waals surface area contributed by atoms with Gasteiger partial charge in [0.15, 0.2) is 5.69 Å². The lowest BCUT2D eigenvalue weighted by Crippen LogP contribution is -2.45. The van der Waals surface area contributed by atoms with Gasteiger partial charge in [-0.2, -0.15) is 5.26 Å². The number of nitriles is 1. The molecule has 4 aromatic heterocycles. The van der Waals surface area contributed by atoms with Gasteiger partial charge in [0.2, 0.25) is 0 Å². The highest BCUT2D eigenvalue weighted by atomic mass is 15.0. The van der Waals surface area contributed by atoms with Crippen LogP contribution in [0.3, 0.4) is 0 Å². The Bertz CT molecular complexity index is 4210. The fourth-order valence-electron chi connectivity index (χ4n) is 17.9. The van der Waals surface area contributed by atoms with Crippen LogP contribution in [0.1, 0.15) is 157 Å². The zero-order valence-corrected chi connectivity index (χ0v) is 41.5. The first kappa shape index (κ1) is 38.9. The molecule has 4 heteroatoms. The zero-order valence-electron chi connectivity index (χ0n) is 41.5. The molecule has 0 radical (unpaired) electrons. The van der Waals surface area contributed by atoms with Crippen LogP contribution in [0.4, 0.5) is 5.69 Å². The van der Waals surface area contributed by atoms with Crippen molar-refractivity contribution in [2.45, 2.75) is 139 Å². The molecule has 0 unspecified atom stereocenters. The maximum absolute atomic E-state index is 11.2. The number of benzene rings is 7. The van der Waals surface area contributed by atoms with Crippen LogP contribution in [0.15, 0.2) is 84.9 Å². The standard InChI is InChI=1S/C66H54N4/c1-61(2)42-16-12-10-14-34(42)36-27-40-49-47(26-33(32-67)53-57(49)65(7)22-18-63(53,5)19-23-65)69-45-31-46-39(29-38(45)51(54(36)61)59(40)69)52-55-37(35-15-11-13-17-43(35)62(55,3)4)28-41-50-48(70(46)60(41)52)30-44(68-9)56-58(50)66(8)24-20-64(56,6)21-25-66/h10-17,26-31H,18-25H2,1-8H3. The maximum atomic E-state index is 11.2. The molecule has 0 spiro atoms. The molecule has 0 amide bonds. The third-order valence-electron chi connectivity index (χ3n) is 21.4. The molecule has 338 valence electrons. The predicted octanol–water partition coefficient (Wildman–Crippen LogP) is 17.2. The van der Waals surface area contributed by atoms with Gasteiger partial charge in [-0.15, -0.1) is 0 Å². The Hall–Kier alpha value is -6.88. The van der Waals surface area contributed by atoms with Gasteiger partial charge < -0.3 is 8.80 Å². The predicted molar refractivity (Wildman–Crippen MR) is 288 cm³/mol. The van der Waals surface area contributed by atoms with Gasteiger partial charge in [0.1, 0.15) is 0 Å². The van der Waals surface area contributed by atoms with E-state index in [9.17, 15) is 5.26 Å². The van der Waals surface area contributed by atoms with Crippen molar-refractivity contribution in [3.8, 4) is 28.3 Å². The minimum atomic E-state index is -0.235. The highest BCUT2D eigenvalue weighted by molar-refractivity contribution is 6.33. The minimum absolute atomic E-state index is 0.00235. The van der Waals surface area contributed by atoms with Gasteiger partial charge in [-0.3, -0.25) is 0 Å². The normalized spacial score (nSPS) is 26.3. The molecule has 11 aromatic rings. The van der Waals surface area contributed by atoms with E-state index in [0.717, 1.165) is 62.6 Å². The van der Waals surface area contributed by atoms with Gasteiger partial charge in [-0.1, -0.05) is 104 Å². The van der Waals surface area contributed by atoms with Crippen LogP contribution in [-0.2, 0) is 32.5 Å². The fraction of sp³-hybridized carbons (Fsp3) is 0.333. The molecule has 4 bridgehead atoms. The largest absolute Gasteiger partial charge is 0.309 e. The second-order valence-corrected chi connectivity index (χ2v) is 25.6. The molecule has 4 nitrogen and oxygen atoms in total. The smallest absolute Gasteiger partial charge is 0.193 e. The third-order valence-corrected chi connectivity index (χ3v) is 21.4. The molecular weight excluding hydrogens is 849 g/mol. The molecule has 0 N–H and O–H groups in total. The number of fused-ring (bicyclic) bond motifs is 24. The van der Waals surface area contributed by atoms with Crippen molar-refractivity contribution >= 4 is 81.9 Å². The summed E-state index contributed by atoms with van der Waals surface area (Å²) in [6, 6.07) is 36.1. The van der Waals surface area contributed by atoms with Crippen molar-refractivity contribution in [3.05, 3.63) is 146 Å². The Morgan fingerprint density at radius 3 is 1.34 bits per heavy atom. The summed E-state index contributed by atoms with van der Waals surface area (Å²) in [6.07, 6.45) is 9.16. The Morgan fingerprint density at radius 1 is 0.443 bits per heavy atom. The highest BCUT2D eigenvalue weighted by Crippen LogP contribution is 2.65. The van der Waals surface area contributed by atoms with Crippen molar-refractivity contribution < 1.29 is 0 Å². The summed E-state index contributed by atoms with van der Waals surface area (Å²) in [5, 5.41) is 22.0. The molecule has 0 atom stereocenters. The van der Waals surface area contributed by atoms with Crippen LogP contribution in [-0.4, -0.2) is 8.80 Å². The first-order valence-corrected chi connectivity index (χ1v) is 26.2. The van der Waals surface area contributed by atoms with E-state index in [1.54, 1.807) is 0 Å². The maximum Gasteiger partial charge on any atom is 0.193 e. The number of rotatable bonds is 0. The number of aromatic nitrogens is 2. The summed E-state index contributed by atoms with van der Waals surface area (Å²) in [5.74, 6) is 0. The number of hydrogen-bond donors (Lipinski definition) is 0. The van der Waals surface area contributed by atoms with Crippen molar-refractivity contribution in [3.63, 3.8) is 0 Å². The average Bonchev–Trinajstić information content (AvgIpc) is 4.16. The van der Waals surface area contributed by atoms with Crippen LogP contribution < -0.4 is 0 Å². The van der Waals surface area contributed by atoms with Gasteiger partial charge in [0.05, 0.1) is 45.8 Å². The SMILES string of the molecule is [C-]#[N+]c1cc2c(c3c1C1(C)CCC3(C)CC1)c1cc3c(c4c5cc6c7c8c(cc9c%10c%11c(c(C#N)cc%10n(c6cc5n2c14)c97)C1(C)CCC%11(C)CC1)-c1ccccc1C8(C)C)C(C)(C)c1ccccc1-3. The second-order valence-electron chi connectivity index (χ2n) is 25.6. The summed E-state index contributed by atoms with van der Waals surface area (Å²) < 4.78 is 5.24. The van der Waals surface area contributed by atoms with E-state index < -0.39 is 0 Å². The van der Waals surface area contributed by atoms with E-state index in [-0.39, 0.29) is 32.5 Å². The monoisotopic (exact) mass is 902 g/mol. The molecule has 2 saturated carbocycles. The van der Waals surface area contributed by atoms with Gasteiger partial charge in [-0.05, 0) is 176 Å². The quantitative estimate of drug-likeness (QED) is 0.140. The van der Waals surface area contributed by atoms with Crippen molar-refractivity contribution in [2.24, 2.45) is 0 Å². The van der Waals surface area contributed by atoms with E-state index in [1.807, 2.05) is 0 Å². The molecule has 0 saturated heterocycles. The third kappa shape index (κ3) is 3.86. The summed E-state index contributed by atoms with van der Waals surface area (Å²) in [4.78, 5) is 4.45. The topological polar surface area (TPSA) is 37.0 Å². The summed E-state index contributed by atoms with van der Waals surface area (Å²) >= 11 is 0. The molecule has 2 fully saturated rings. The lowest BCUT2D eigenvalue weighted by atomic mass is 9.51. The van der Waals surface area contributed by atoms with Crippen LogP contribution >= 0.6 is 0 Å².